The second-order valence-corrected chi connectivity index (χ2v) is 5.37. The van der Waals surface area contributed by atoms with Crippen LogP contribution in [0.5, 0.6) is 0 Å². The Morgan fingerprint density at radius 2 is 2.11 bits per heavy atom. The van der Waals surface area contributed by atoms with Gasteiger partial charge in [-0.1, -0.05) is 19.9 Å². The van der Waals surface area contributed by atoms with E-state index in [1.165, 1.54) is 0 Å². The van der Waals surface area contributed by atoms with Crippen molar-refractivity contribution >= 4 is 17.1 Å². The molecule has 7 heteroatoms. The third-order valence-corrected chi connectivity index (χ3v) is 3.92. The lowest BCUT2D eigenvalue weighted by molar-refractivity contribution is -0.383. The molecule has 104 valence electrons. The molecule has 1 aromatic rings. The molecule has 2 unspecified atom stereocenters. The van der Waals surface area contributed by atoms with E-state index in [1.807, 2.05) is 13.8 Å². The Labute approximate surface area is 110 Å². The van der Waals surface area contributed by atoms with E-state index in [9.17, 15) is 15.2 Å². The number of aliphatic hydroxyl groups is 1. The molecule has 1 fully saturated rings. The number of benzene rings is 1. The van der Waals surface area contributed by atoms with Crippen LogP contribution in [0.4, 0.5) is 17.1 Å². The first-order valence-corrected chi connectivity index (χ1v) is 6.06. The van der Waals surface area contributed by atoms with E-state index in [4.69, 9.17) is 5.84 Å². The molecule has 0 amide bonds. The van der Waals surface area contributed by atoms with Gasteiger partial charge in [0.05, 0.1) is 11.0 Å². The zero-order valence-corrected chi connectivity index (χ0v) is 10.9. The zero-order chi connectivity index (χ0) is 14.2. The van der Waals surface area contributed by atoms with Crippen molar-refractivity contribution in [2.45, 2.75) is 32.4 Å². The summed E-state index contributed by atoms with van der Waals surface area (Å²) < 4.78 is 0. The van der Waals surface area contributed by atoms with Crippen LogP contribution in [-0.2, 0) is 0 Å². The van der Waals surface area contributed by atoms with Crippen LogP contribution in [0.25, 0.3) is 0 Å². The molecule has 2 atom stereocenters. The Hall–Kier alpha value is -1.86. The normalized spacial score (nSPS) is 24.4. The van der Waals surface area contributed by atoms with Gasteiger partial charge in [-0.2, -0.15) is 0 Å². The number of nitrogens with two attached hydrogens (primary N) is 1. The molecule has 7 nitrogen and oxygen atoms in total. The molecule has 0 spiro atoms. The summed E-state index contributed by atoms with van der Waals surface area (Å²) in [6, 6.07) is 4.87. The molecule has 1 aromatic carbocycles. The van der Waals surface area contributed by atoms with Crippen LogP contribution in [-0.4, -0.2) is 22.2 Å². The highest BCUT2D eigenvalue weighted by atomic mass is 16.6. The van der Waals surface area contributed by atoms with Crippen molar-refractivity contribution in [3.05, 3.63) is 28.3 Å². The highest BCUT2D eigenvalue weighted by Crippen LogP contribution is 2.44. The smallest absolute Gasteiger partial charge is 0.316 e. The predicted octanol–water partition coefficient (Wildman–Crippen LogP) is 1.45. The second kappa shape index (κ2) is 4.67. The number of rotatable bonds is 4. The number of hydrogen-bond donors (Lipinski definition) is 4. The summed E-state index contributed by atoms with van der Waals surface area (Å²) in [4.78, 5) is 10.7. The van der Waals surface area contributed by atoms with Gasteiger partial charge in [0.2, 0.25) is 0 Å². The molecule has 2 rings (SSSR count). The predicted molar refractivity (Wildman–Crippen MR) is 72.7 cm³/mol. The monoisotopic (exact) mass is 266 g/mol. The number of nitrogen functional groups attached to an aromatic ring is 1. The lowest BCUT2D eigenvalue weighted by Gasteiger charge is -2.49. The zero-order valence-electron chi connectivity index (χ0n) is 10.9. The van der Waals surface area contributed by atoms with Gasteiger partial charge in [-0.05, 0) is 18.6 Å². The number of nitrogens with one attached hydrogen (secondary N) is 2. The van der Waals surface area contributed by atoms with Gasteiger partial charge in [0.1, 0.15) is 11.4 Å². The molecule has 0 heterocycles. The quantitative estimate of drug-likeness (QED) is 0.372. The van der Waals surface area contributed by atoms with Crippen molar-refractivity contribution in [3.63, 3.8) is 0 Å². The Balaban J connectivity index is 2.29. The standard InChI is InChI=1S/C12H18N4O3/c1-12(2)9(6-10(12)17)14-7-4-3-5-8(15-13)11(7)16(18)19/h3-5,9-10,14-15,17H,6,13H2,1-2H3. The minimum atomic E-state index is -0.473. The third-order valence-electron chi connectivity index (χ3n) is 3.92. The van der Waals surface area contributed by atoms with E-state index in [0.717, 1.165) is 0 Å². The maximum atomic E-state index is 11.1. The van der Waals surface area contributed by atoms with Crippen LogP contribution in [0, 0.1) is 15.5 Å². The summed E-state index contributed by atoms with van der Waals surface area (Å²) in [5, 5.41) is 24.0. The molecule has 1 saturated carbocycles. The van der Waals surface area contributed by atoms with Crippen molar-refractivity contribution in [1.29, 1.82) is 0 Å². The fourth-order valence-electron chi connectivity index (χ4n) is 2.31. The van der Waals surface area contributed by atoms with Gasteiger partial charge in [-0.15, -0.1) is 0 Å². The van der Waals surface area contributed by atoms with Gasteiger partial charge in [0.15, 0.2) is 0 Å². The lowest BCUT2D eigenvalue weighted by atomic mass is 9.64. The molecule has 5 N–H and O–H groups in total. The summed E-state index contributed by atoms with van der Waals surface area (Å²) in [5.41, 5.74) is 2.60. The molecule has 0 saturated heterocycles. The summed E-state index contributed by atoms with van der Waals surface area (Å²) >= 11 is 0. The Kier molecular flexibility index (Phi) is 3.34. The van der Waals surface area contributed by atoms with Crippen molar-refractivity contribution in [2.24, 2.45) is 11.3 Å². The summed E-state index contributed by atoms with van der Waals surface area (Å²) in [6.07, 6.45) is 0.185. The first kappa shape index (κ1) is 13.6. The SMILES string of the molecule is CC1(C)C(O)CC1Nc1cccc(NN)c1[N+](=O)[O-]. The van der Waals surface area contributed by atoms with Crippen LogP contribution in [0.2, 0.25) is 0 Å². The minimum absolute atomic E-state index is 0.00535. The fraction of sp³-hybridized carbons (Fsp3) is 0.500. The minimum Gasteiger partial charge on any atom is -0.392 e. The topological polar surface area (TPSA) is 113 Å². The Morgan fingerprint density at radius 3 is 2.58 bits per heavy atom. The van der Waals surface area contributed by atoms with Crippen LogP contribution in [0.15, 0.2) is 18.2 Å². The second-order valence-electron chi connectivity index (χ2n) is 5.37. The van der Waals surface area contributed by atoms with Crippen LogP contribution >= 0.6 is 0 Å². The summed E-state index contributed by atoms with van der Waals surface area (Å²) in [7, 11) is 0. The molecular weight excluding hydrogens is 248 g/mol. The van der Waals surface area contributed by atoms with Gasteiger partial charge < -0.3 is 15.8 Å². The first-order chi connectivity index (χ1) is 8.87. The van der Waals surface area contributed by atoms with Crippen molar-refractivity contribution in [1.82, 2.24) is 0 Å². The van der Waals surface area contributed by atoms with Crippen LogP contribution in [0.1, 0.15) is 20.3 Å². The molecular formula is C12H18N4O3. The highest BCUT2D eigenvalue weighted by molar-refractivity contribution is 5.76. The fourth-order valence-corrected chi connectivity index (χ4v) is 2.31. The van der Waals surface area contributed by atoms with E-state index in [1.54, 1.807) is 18.2 Å². The van der Waals surface area contributed by atoms with Crippen LogP contribution < -0.4 is 16.6 Å². The van der Waals surface area contributed by atoms with Gasteiger partial charge >= 0.3 is 5.69 Å². The number of hydrazine groups is 1. The largest absolute Gasteiger partial charge is 0.392 e. The number of hydrogen-bond acceptors (Lipinski definition) is 6. The van der Waals surface area contributed by atoms with Gasteiger partial charge in [0.25, 0.3) is 0 Å². The molecule has 19 heavy (non-hydrogen) atoms. The maximum Gasteiger partial charge on any atom is 0.316 e. The van der Waals surface area contributed by atoms with E-state index < -0.39 is 4.92 Å². The molecule has 0 aliphatic heterocycles. The van der Waals surface area contributed by atoms with Gasteiger partial charge in [-0.25, -0.2) is 0 Å². The number of nitrogens with zero attached hydrogens (tertiary/aromatic N) is 1. The maximum absolute atomic E-state index is 11.1. The summed E-state index contributed by atoms with van der Waals surface area (Å²) in [6.45, 7) is 3.85. The third kappa shape index (κ3) is 2.22. The number of para-hydroxylation sites is 1. The average molecular weight is 266 g/mol. The van der Waals surface area contributed by atoms with E-state index in [0.29, 0.717) is 12.1 Å². The molecule has 1 aliphatic carbocycles. The number of nitro groups is 1. The highest BCUT2D eigenvalue weighted by Gasteiger charge is 2.47. The van der Waals surface area contributed by atoms with Gasteiger partial charge in [-0.3, -0.25) is 16.0 Å². The van der Waals surface area contributed by atoms with Gasteiger partial charge in [0, 0.05) is 11.5 Å². The summed E-state index contributed by atoms with van der Waals surface area (Å²) in [5.74, 6) is 5.29. The molecule has 0 radical (unpaired) electrons. The van der Waals surface area contributed by atoms with E-state index in [-0.39, 0.29) is 28.9 Å². The Morgan fingerprint density at radius 1 is 1.47 bits per heavy atom. The lowest BCUT2D eigenvalue weighted by Crippen LogP contribution is -2.56. The van der Waals surface area contributed by atoms with Crippen molar-refractivity contribution in [2.75, 3.05) is 10.7 Å². The number of aliphatic hydroxyl groups excluding tert-OH is 1. The Bertz CT molecular complexity index is 504. The average Bonchev–Trinajstić information content (AvgIpc) is 2.37. The molecule has 0 bridgehead atoms. The van der Waals surface area contributed by atoms with Crippen molar-refractivity contribution in [3.8, 4) is 0 Å². The van der Waals surface area contributed by atoms with Crippen LogP contribution in [0.3, 0.4) is 0 Å². The van der Waals surface area contributed by atoms with Crippen molar-refractivity contribution < 1.29 is 10.0 Å². The molecule has 0 aromatic heterocycles. The van der Waals surface area contributed by atoms with E-state index >= 15 is 0 Å². The number of nitro benzene ring substituents is 1. The number of anilines is 2. The van der Waals surface area contributed by atoms with E-state index in [2.05, 4.69) is 10.7 Å². The molecule has 1 aliphatic rings. The first-order valence-electron chi connectivity index (χ1n) is 6.06.